The molecule has 0 spiro atoms. The summed E-state index contributed by atoms with van der Waals surface area (Å²) >= 11 is 0. The van der Waals surface area contributed by atoms with E-state index in [4.69, 9.17) is 5.11 Å². The van der Waals surface area contributed by atoms with Crippen LogP contribution in [0.5, 0.6) is 0 Å². The van der Waals surface area contributed by atoms with Gasteiger partial charge in [0.2, 0.25) is 0 Å². The van der Waals surface area contributed by atoms with Gasteiger partial charge in [0, 0.05) is 0 Å². The number of benzene rings is 1. The first kappa shape index (κ1) is 12.0. The minimum atomic E-state index is -4.34. The lowest BCUT2D eigenvalue weighted by Gasteiger charge is -2.15. The first-order chi connectivity index (χ1) is 6.99. The molecule has 84 valence electrons. The maximum Gasteiger partial charge on any atom is 0.416 e. The lowest BCUT2D eigenvalue weighted by molar-refractivity contribution is -0.137. The van der Waals surface area contributed by atoms with Gasteiger partial charge in [-0.3, -0.25) is 0 Å². The van der Waals surface area contributed by atoms with Gasteiger partial charge >= 0.3 is 6.18 Å². The van der Waals surface area contributed by atoms with Crippen molar-refractivity contribution in [3.63, 3.8) is 0 Å². The van der Waals surface area contributed by atoms with Crippen LogP contribution in [0.4, 0.5) is 13.2 Å². The number of alkyl halides is 3. The Morgan fingerprint density at radius 3 is 2.53 bits per heavy atom. The molecule has 5 heteroatoms. The van der Waals surface area contributed by atoms with Gasteiger partial charge in [-0.2, -0.15) is 13.2 Å². The highest BCUT2D eigenvalue weighted by molar-refractivity contribution is 5.28. The molecule has 0 heterocycles. The van der Waals surface area contributed by atoms with Gasteiger partial charge in [0.25, 0.3) is 0 Å². The minimum Gasteiger partial charge on any atom is -0.394 e. The number of halogens is 3. The van der Waals surface area contributed by atoms with Crippen molar-refractivity contribution in [1.29, 1.82) is 0 Å². The van der Waals surface area contributed by atoms with Crippen molar-refractivity contribution in [2.45, 2.75) is 12.2 Å². The summed E-state index contributed by atoms with van der Waals surface area (Å²) in [5, 5.41) is 11.7. The number of hydrogen-bond donors (Lipinski definition) is 2. The maximum atomic E-state index is 12.4. The Labute approximate surface area is 85.7 Å². The molecular weight excluding hydrogens is 207 g/mol. The number of aliphatic hydroxyl groups is 1. The van der Waals surface area contributed by atoms with Gasteiger partial charge < -0.3 is 10.4 Å². The van der Waals surface area contributed by atoms with E-state index in [9.17, 15) is 13.2 Å². The standard InChI is InChI=1S/C10H12F3NO/c1-14-9(6-15)7-3-2-4-8(5-7)10(11,12)13/h2-5,9,14-15H,6H2,1H3/t9-/m1/s1. The van der Waals surface area contributed by atoms with E-state index in [0.29, 0.717) is 5.56 Å². The molecule has 0 bridgehead atoms. The van der Waals surface area contributed by atoms with Crippen molar-refractivity contribution < 1.29 is 18.3 Å². The van der Waals surface area contributed by atoms with Gasteiger partial charge in [-0.15, -0.1) is 0 Å². The van der Waals surface area contributed by atoms with Crippen LogP contribution in [0.1, 0.15) is 17.2 Å². The fraction of sp³-hybridized carbons (Fsp3) is 0.400. The SMILES string of the molecule is CN[C@H](CO)c1cccc(C(F)(F)F)c1. The van der Waals surface area contributed by atoms with Gasteiger partial charge in [-0.05, 0) is 24.7 Å². The molecule has 0 aliphatic rings. The van der Waals surface area contributed by atoms with E-state index in [2.05, 4.69) is 5.32 Å². The Morgan fingerprint density at radius 2 is 2.07 bits per heavy atom. The molecule has 2 N–H and O–H groups in total. The molecule has 0 aliphatic carbocycles. The first-order valence-electron chi connectivity index (χ1n) is 4.44. The fourth-order valence-corrected chi connectivity index (χ4v) is 1.30. The molecule has 0 aliphatic heterocycles. The molecule has 0 amide bonds. The summed E-state index contributed by atoms with van der Waals surface area (Å²) in [6.45, 7) is -0.238. The first-order valence-corrected chi connectivity index (χ1v) is 4.44. The molecular formula is C10H12F3NO. The average molecular weight is 219 g/mol. The lowest BCUT2D eigenvalue weighted by atomic mass is 10.0. The highest BCUT2D eigenvalue weighted by atomic mass is 19.4. The molecule has 0 unspecified atom stereocenters. The number of nitrogens with one attached hydrogen (secondary N) is 1. The number of hydrogen-bond acceptors (Lipinski definition) is 2. The molecule has 1 rings (SSSR count). The van der Waals surface area contributed by atoms with Crippen LogP contribution in [-0.4, -0.2) is 18.8 Å². The third-order valence-corrected chi connectivity index (χ3v) is 2.15. The zero-order chi connectivity index (χ0) is 11.5. The summed E-state index contributed by atoms with van der Waals surface area (Å²) in [7, 11) is 1.58. The number of aliphatic hydroxyl groups excluding tert-OH is 1. The molecule has 0 fully saturated rings. The van der Waals surface area contributed by atoms with Gasteiger partial charge in [0.05, 0.1) is 18.2 Å². The lowest BCUT2D eigenvalue weighted by Crippen LogP contribution is -2.20. The molecule has 2 nitrogen and oxygen atoms in total. The highest BCUT2D eigenvalue weighted by Gasteiger charge is 2.30. The maximum absolute atomic E-state index is 12.4. The zero-order valence-corrected chi connectivity index (χ0v) is 8.17. The second-order valence-electron chi connectivity index (χ2n) is 3.15. The quantitative estimate of drug-likeness (QED) is 0.814. The van der Waals surface area contributed by atoms with E-state index in [1.54, 1.807) is 13.1 Å². The van der Waals surface area contributed by atoms with E-state index in [0.717, 1.165) is 12.1 Å². The predicted molar refractivity (Wildman–Crippen MR) is 50.3 cm³/mol. The molecule has 1 aromatic carbocycles. The van der Waals surface area contributed by atoms with Crippen molar-refractivity contribution in [2.75, 3.05) is 13.7 Å². The molecule has 1 aromatic rings. The van der Waals surface area contributed by atoms with Crippen molar-refractivity contribution in [1.82, 2.24) is 5.32 Å². The van der Waals surface area contributed by atoms with E-state index in [1.165, 1.54) is 6.07 Å². The summed E-state index contributed by atoms with van der Waals surface area (Å²) in [4.78, 5) is 0. The second-order valence-corrected chi connectivity index (χ2v) is 3.15. The summed E-state index contributed by atoms with van der Waals surface area (Å²) < 4.78 is 37.1. The smallest absolute Gasteiger partial charge is 0.394 e. The van der Waals surface area contributed by atoms with Gasteiger partial charge in [-0.1, -0.05) is 12.1 Å². The van der Waals surface area contributed by atoms with E-state index >= 15 is 0 Å². The molecule has 0 saturated heterocycles. The van der Waals surface area contributed by atoms with Crippen molar-refractivity contribution in [3.8, 4) is 0 Å². The Hall–Kier alpha value is -1.07. The van der Waals surface area contributed by atoms with Crippen molar-refractivity contribution in [2.24, 2.45) is 0 Å². The average Bonchev–Trinajstić information content (AvgIpc) is 2.19. The fourth-order valence-electron chi connectivity index (χ4n) is 1.30. The zero-order valence-electron chi connectivity index (χ0n) is 8.17. The summed E-state index contributed by atoms with van der Waals surface area (Å²) in [5.41, 5.74) is -0.275. The van der Waals surface area contributed by atoms with Crippen LogP contribution in [0, 0.1) is 0 Å². The summed E-state index contributed by atoms with van der Waals surface area (Å²) in [6.07, 6.45) is -4.34. The highest BCUT2D eigenvalue weighted by Crippen LogP contribution is 2.30. The molecule has 0 radical (unpaired) electrons. The monoisotopic (exact) mass is 219 g/mol. The van der Waals surface area contributed by atoms with Crippen molar-refractivity contribution in [3.05, 3.63) is 35.4 Å². The van der Waals surface area contributed by atoms with Crippen LogP contribution in [0.2, 0.25) is 0 Å². The van der Waals surface area contributed by atoms with Crippen LogP contribution in [0.15, 0.2) is 24.3 Å². The van der Waals surface area contributed by atoms with E-state index in [-0.39, 0.29) is 6.61 Å². The Kier molecular flexibility index (Phi) is 3.71. The van der Waals surface area contributed by atoms with Crippen LogP contribution in [0.3, 0.4) is 0 Å². The van der Waals surface area contributed by atoms with Gasteiger partial charge in [0.15, 0.2) is 0 Å². The number of rotatable bonds is 3. The Morgan fingerprint density at radius 1 is 1.40 bits per heavy atom. The van der Waals surface area contributed by atoms with Crippen LogP contribution < -0.4 is 5.32 Å². The van der Waals surface area contributed by atoms with Crippen LogP contribution >= 0.6 is 0 Å². The third kappa shape index (κ3) is 2.94. The topological polar surface area (TPSA) is 32.3 Å². The number of likely N-dealkylation sites (N-methyl/N-ethyl adjacent to an activating group) is 1. The molecule has 0 saturated carbocycles. The normalized spacial score (nSPS) is 13.9. The summed E-state index contributed by atoms with van der Waals surface area (Å²) in [5.74, 6) is 0. The Bertz CT molecular complexity index is 321. The predicted octanol–water partition coefficient (Wildman–Crippen LogP) is 1.96. The van der Waals surface area contributed by atoms with Crippen LogP contribution in [-0.2, 0) is 6.18 Å². The Balaban J connectivity index is 3.02. The van der Waals surface area contributed by atoms with Gasteiger partial charge in [0.1, 0.15) is 0 Å². The molecule has 0 aromatic heterocycles. The van der Waals surface area contributed by atoms with Crippen LogP contribution in [0.25, 0.3) is 0 Å². The minimum absolute atomic E-state index is 0.238. The largest absolute Gasteiger partial charge is 0.416 e. The third-order valence-electron chi connectivity index (χ3n) is 2.15. The summed E-state index contributed by atoms with van der Waals surface area (Å²) in [6, 6.07) is 4.46. The van der Waals surface area contributed by atoms with Gasteiger partial charge in [-0.25, -0.2) is 0 Å². The molecule has 15 heavy (non-hydrogen) atoms. The second kappa shape index (κ2) is 4.63. The molecule has 1 atom stereocenters. The van der Waals surface area contributed by atoms with E-state index in [1.807, 2.05) is 0 Å². The van der Waals surface area contributed by atoms with E-state index < -0.39 is 17.8 Å². The van der Waals surface area contributed by atoms with Crippen molar-refractivity contribution >= 4 is 0 Å².